The molecule has 0 aromatic carbocycles. The third-order valence-corrected chi connectivity index (χ3v) is 6.61. The van der Waals surface area contributed by atoms with Crippen molar-refractivity contribution in [2.75, 3.05) is 6.54 Å². The van der Waals surface area contributed by atoms with Gasteiger partial charge in [0.05, 0.1) is 0 Å². The summed E-state index contributed by atoms with van der Waals surface area (Å²) in [5.41, 5.74) is 0.220. The number of amides is 1. The number of nitrogens with one attached hydrogen (secondary N) is 1. The van der Waals surface area contributed by atoms with Gasteiger partial charge in [-0.3, -0.25) is 9.69 Å². The predicted molar refractivity (Wildman–Crippen MR) is 82.6 cm³/mol. The van der Waals surface area contributed by atoms with Crippen LogP contribution in [0.1, 0.15) is 45.4 Å². The van der Waals surface area contributed by atoms with Gasteiger partial charge in [0.2, 0.25) is 0 Å². The van der Waals surface area contributed by atoms with Crippen molar-refractivity contribution >= 4 is 34.8 Å². The van der Waals surface area contributed by atoms with Gasteiger partial charge in [0.25, 0.3) is 5.91 Å². The Hall–Kier alpha value is -0.350. The van der Waals surface area contributed by atoms with Crippen LogP contribution >= 0.6 is 23.8 Å². The summed E-state index contributed by atoms with van der Waals surface area (Å²) in [5.74, 6) is 1.67. The first-order valence-electron chi connectivity index (χ1n) is 7.69. The van der Waals surface area contributed by atoms with E-state index >= 15 is 0 Å². The zero-order valence-corrected chi connectivity index (χ0v) is 13.4. The van der Waals surface area contributed by atoms with Crippen LogP contribution in [0.4, 0.5) is 0 Å². The van der Waals surface area contributed by atoms with E-state index in [9.17, 15) is 4.79 Å². The molecule has 0 aromatic rings. The van der Waals surface area contributed by atoms with E-state index in [0.29, 0.717) is 5.11 Å². The topological polar surface area (TPSA) is 32.3 Å². The number of hydrogen-bond acceptors (Lipinski definition) is 2. The van der Waals surface area contributed by atoms with Gasteiger partial charge in [-0.1, -0.05) is 0 Å². The highest BCUT2D eigenvalue weighted by molar-refractivity contribution is 7.80. The van der Waals surface area contributed by atoms with E-state index in [0.717, 1.165) is 24.8 Å². The molecular formula is C15H21ClN2OS. The third-order valence-electron chi connectivity index (χ3n) is 5.83. The molecule has 110 valence electrons. The molecule has 0 spiro atoms. The maximum atomic E-state index is 12.3. The summed E-state index contributed by atoms with van der Waals surface area (Å²) >= 11 is 12.2. The molecule has 1 N–H and O–H groups in total. The van der Waals surface area contributed by atoms with Crippen LogP contribution in [0.15, 0.2) is 0 Å². The second-order valence-electron chi connectivity index (χ2n) is 7.71. The van der Waals surface area contributed by atoms with E-state index in [1.165, 1.54) is 32.1 Å². The van der Waals surface area contributed by atoms with E-state index in [1.807, 2.05) is 11.8 Å². The first kappa shape index (κ1) is 13.3. The fourth-order valence-corrected chi connectivity index (χ4v) is 6.72. The molecule has 20 heavy (non-hydrogen) atoms. The van der Waals surface area contributed by atoms with Crippen LogP contribution in [0.3, 0.4) is 0 Å². The van der Waals surface area contributed by atoms with E-state index in [1.54, 1.807) is 0 Å². The molecule has 1 saturated heterocycles. The maximum Gasteiger partial charge on any atom is 0.251 e. The molecule has 3 nitrogen and oxygen atoms in total. The summed E-state index contributed by atoms with van der Waals surface area (Å²) in [6.07, 6.45) is 7.25. The lowest BCUT2D eigenvalue weighted by atomic mass is 9.49. The minimum Gasteiger partial charge on any atom is -0.351 e. The molecule has 5 fully saturated rings. The average molecular weight is 313 g/mol. The summed E-state index contributed by atoms with van der Waals surface area (Å²) in [5, 5.41) is 3.70. The second kappa shape index (κ2) is 4.10. The normalized spacial score (nSPS) is 49.9. The molecule has 4 aliphatic carbocycles. The van der Waals surface area contributed by atoms with Crippen LogP contribution in [0, 0.1) is 17.3 Å². The molecule has 3 unspecified atom stereocenters. The second-order valence-corrected chi connectivity index (χ2v) is 8.90. The fraction of sp³-hybridized carbons (Fsp3) is 0.867. The summed E-state index contributed by atoms with van der Waals surface area (Å²) in [6, 6.07) is -0.165. The van der Waals surface area contributed by atoms with E-state index in [2.05, 4.69) is 5.32 Å². The molecule has 5 rings (SSSR count). The molecular weight excluding hydrogens is 292 g/mol. The molecule has 4 bridgehead atoms. The number of nitrogens with zero attached hydrogens (tertiary/aromatic N) is 1. The predicted octanol–water partition coefficient (Wildman–Crippen LogP) is 2.67. The van der Waals surface area contributed by atoms with Crippen LogP contribution in [-0.2, 0) is 4.79 Å². The lowest BCUT2D eigenvalue weighted by Gasteiger charge is -2.60. The van der Waals surface area contributed by atoms with Gasteiger partial charge < -0.3 is 5.32 Å². The summed E-state index contributed by atoms with van der Waals surface area (Å²) in [7, 11) is 0. The number of carbonyl (C=O) groups excluding carboxylic acids is 1. The zero-order chi connectivity index (χ0) is 14.1. The lowest BCUT2D eigenvalue weighted by Crippen LogP contribution is -2.57. The van der Waals surface area contributed by atoms with Crippen LogP contribution in [0.25, 0.3) is 0 Å². The van der Waals surface area contributed by atoms with Crippen molar-refractivity contribution in [2.45, 2.75) is 56.4 Å². The van der Waals surface area contributed by atoms with Gasteiger partial charge in [-0.15, -0.1) is 11.6 Å². The van der Waals surface area contributed by atoms with Gasteiger partial charge in [0, 0.05) is 11.4 Å². The van der Waals surface area contributed by atoms with Crippen molar-refractivity contribution in [1.82, 2.24) is 10.2 Å². The monoisotopic (exact) mass is 312 g/mol. The summed E-state index contributed by atoms with van der Waals surface area (Å²) in [6.45, 7) is 2.67. The Bertz CT molecular complexity index is 480. The number of thiocarbonyl (C=S) groups is 1. The Labute approximate surface area is 130 Å². The molecule has 1 aliphatic heterocycles. The van der Waals surface area contributed by atoms with Crippen molar-refractivity contribution in [2.24, 2.45) is 17.3 Å². The number of hydrogen-bond donors (Lipinski definition) is 1. The first-order chi connectivity index (χ1) is 9.38. The van der Waals surface area contributed by atoms with Crippen LogP contribution < -0.4 is 5.32 Å². The number of alkyl halides is 1. The molecule has 0 aromatic heterocycles. The number of carbonyl (C=O) groups is 1. The van der Waals surface area contributed by atoms with E-state index in [4.69, 9.17) is 23.8 Å². The third kappa shape index (κ3) is 1.91. The van der Waals surface area contributed by atoms with E-state index in [-0.39, 0.29) is 22.2 Å². The molecule has 4 saturated carbocycles. The highest BCUT2D eigenvalue weighted by Gasteiger charge is 2.58. The van der Waals surface area contributed by atoms with Gasteiger partial charge in [-0.2, -0.15) is 0 Å². The number of halogens is 1. The van der Waals surface area contributed by atoms with Crippen LogP contribution in [0.5, 0.6) is 0 Å². The SMILES string of the molecule is CC1NC(=S)N(CC23CC4CC(CC(Cl)(C4)C2)C3)C1=O. The number of rotatable bonds is 2. The van der Waals surface area contributed by atoms with Crippen LogP contribution in [-0.4, -0.2) is 33.4 Å². The highest BCUT2D eigenvalue weighted by atomic mass is 35.5. The smallest absolute Gasteiger partial charge is 0.251 e. The molecule has 1 heterocycles. The summed E-state index contributed by atoms with van der Waals surface area (Å²) in [4.78, 5) is 14.1. The fourth-order valence-electron chi connectivity index (χ4n) is 5.66. The quantitative estimate of drug-likeness (QED) is 0.628. The molecule has 3 atom stereocenters. The Kier molecular flexibility index (Phi) is 2.73. The lowest BCUT2D eigenvalue weighted by molar-refractivity contribution is -0.130. The molecule has 0 radical (unpaired) electrons. The molecule has 5 aliphatic rings. The van der Waals surface area contributed by atoms with Crippen molar-refractivity contribution in [3.63, 3.8) is 0 Å². The average Bonchev–Trinajstić information content (AvgIpc) is 2.52. The standard InChI is InChI=1S/C15H21ClN2OS/c1-9-12(19)18(13(20)17-9)8-14-3-10-2-11(4-14)6-15(16,5-10)7-14/h9-11H,2-8H2,1H3,(H,17,20). The zero-order valence-electron chi connectivity index (χ0n) is 11.8. The van der Waals surface area contributed by atoms with Gasteiger partial charge in [-0.25, -0.2) is 0 Å². The Balaban J connectivity index is 1.59. The Morgan fingerprint density at radius 2 is 2.00 bits per heavy atom. The van der Waals surface area contributed by atoms with Gasteiger partial charge >= 0.3 is 0 Å². The van der Waals surface area contributed by atoms with Gasteiger partial charge in [-0.05, 0) is 74.9 Å². The minimum absolute atomic E-state index is 0.00746. The Morgan fingerprint density at radius 1 is 1.35 bits per heavy atom. The van der Waals surface area contributed by atoms with Gasteiger partial charge in [0.1, 0.15) is 6.04 Å². The van der Waals surface area contributed by atoms with Crippen molar-refractivity contribution in [3.05, 3.63) is 0 Å². The molecule has 5 heteroatoms. The first-order valence-corrected chi connectivity index (χ1v) is 8.48. The Morgan fingerprint density at radius 3 is 2.50 bits per heavy atom. The van der Waals surface area contributed by atoms with Crippen molar-refractivity contribution in [3.8, 4) is 0 Å². The van der Waals surface area contributed by atoms with Crippen molar-refractivity contribution in [1.29, 1.82) is 0 Å². The van der Waals surface area contributed by atoms with E-state index < -0.39 is 0 Å². The largest absolute Gasteiger partial charge is 0.351 e. The van der Waals surface area contributed by atoms with Gasteiger partial charge in [0.15, 0.2) is 5.11 Å². The van der Waals surface area contributed by atoms with Crippen LogP contribution in [0.2, 0.25) is 0 Å². The van der Waals surface area contributed by atoms with Crippen molar-refractivity contribution < 1.29 is 4.79 Å². The summed E-state index contributed by atoms with van der Waals surface area (Å²) < 4.78 is 0. The molecule has 1 amide bonds. The maximum absolute atomic E-state index is 12.3. The minimum atomic E-state index is -0.165. The highest BCUT2D eigenvalue weighted by Crippen LogP contribution is 2.64.